The molecule has 0 bridgehead atoms. The molecule has 0 radical (unpaired) electrons. The molecule has 2 unspecified atom stereocenters. The summed E-state index contributed by atoms with van der Waals surface area (Å²) in [5.41, 5.74) is -0.452. The number of rotatable bonds is 2. The van der Waals surface area contributed by atoms with Gasteiger partial charge in [-0.15, -0.1) is 11.8 Å². The molecule has 0 aromatic heterocycles. The molecule has 0 amide bonds. The monoisotopic (exact) mass is 198 g/mol. The van der Waals surface area contributed by atoms with Crippen molar-refractivity contribution in [3.8, 4) is 11.8 Å². The van der Waals surface area contributed by atoms with Crippen LogP contribution in [0.15, 0.2) is 0 Å². The topological polar surface area (TPSA) is 20.2 Å². The average Bonchev–Trinajstić information content (AvgIpc) is 2.11. The molecule has 0 aromatic carbocycles. The summed E-state index contributed by atoms with van der Waals surface area (Å²) in [7, 11) is 0. The Morgan fingerprint density at radius 3 is 3.00 bits per heavy atom. The molecule has 13 heavy (non-hydrogen) atoms. The SMILES string of the molecule is CC#CCCC1(O)CCCSC1C. The lowest BCUT2D eigenvalue weighted by molar-refractivity contribution is 0.0223. The van der Waals surface area contributed by atoms with Crippen molar-refractivity contribution in [2.45, 2.75) is 50.4 Å². The van der Waals surface area contributed by atoms with Crippen LogP contribution < -0.4 is 0 Å². The summed E-state index contributed by atoms with van der Waals surface area (Å²) < 4.78 is 0. The van der Waals surface area contributed by atoms with E-state index < -0.39 is 5.60 Å². The van der Waals surface area contributed by atoms with E-state index in [9.17, 15) is 5.11 Å². The fourth-order valence-corrected chi connectivity index (χ4v) is 2.94. The highest BCUT2D eigenvalue weighted by atomic mass is 32.2. The molecule has 2 atom stereocenters. The van der Waals surface area contributed by atoms with Gasteiger partial charge in [0.15, 0.2) is 0 Å². The van der Waals surface area contributed by atoms with Gasteiger partial charge in [-0.25, -0.2) is 0 Å². The largest absolute Gasteiger partial charge is 0.389 e. The Labute approximate surface area is 85.3 Å². The van der Waals surface area contributed by atoms with Crippen molar-refractivity contribution >= 4 is 11.8 Å². The molecule has 0 spiro atoms. The predicted molar refractivity (Wildman–Crippen MR) is 58.8 cm³/mol. The minimum atomic E-state index is -0.452. The first-order valence-corrected chi connectivity index (χ1v) is 5.97. The number of hydrogen-bond acceptors (Lipinski definition) is 2. The van der Waals surface area contributed by atoms with Gasteiger partial charge in [0.05, 0.1) is 5.60 Å². The second kappa shape index (κ2) is 4.93. The van der Waals surface area contributed by atoms with E-state index in [1.165, 1.54) is 5.75 Å². The highest BCUT2D eigenvalue weighted by molar-refractivity contribution is 8.00. The van der Waals surface area contributed by atoms with Crippen LogP contribution in [0.3, 0.4) is 0 Å². The molecule has 1 N–H and O–H groups in total. The quantitative estimate of drug-likeness (QED) is 0.688. The van der Waals surface area contributed by atoms with Gasteiger partial charge in [0, 0.05) is 11.7 Å². The van der Waals surface area contributed by atoms with Crippen molar-refractivity contribution in [3.05, 3.63) is 0 Å². The molecular weight excluding hydrogens is 180 g/mol. The van der Waals surface area contributed by atoms with Crippen LogP contribution in [0.2, 0.25) is 0 Å². The summed E-state index contributed by atoms with van der Waals surface area (Å²) >= 11 is 1.88. The lowest BCUT2D eigenvalue weighted by Gasteiger charge is -2.37. The lowest BCUT2D eigenvalue weighted by atomic mass is 9.89. The third-order valence-electron chi connectivity index (χ3n) is 2.74. The van der Waals surface area contributed by atoms with Gasteiger partial charge in [-0.2, -0.15) is 11.8 Å². The second-order valence-corrected chi connectivity index (χ2v) is 5.10. The summed E-state index contributed by atoms with van der Waals surface area (Å²) in [6.45, 7) is 3.98. The van der Waals surface area contributed by atoms with Gasteiger partial charge in [-0.3, -0.25) is 0 Å². The Kier molecular flexibility index (Phi) is 4.15. The zero-order valence-electron chi connectivity index (χ0n) is 8.47. The number of aliphatic hydroxyl groups is 1. The Bertz CT molecular complexity index is 216. The summed E-state index contributed by atoms with van der Waals surface area (Å²) in [5.74, 6) is 7.09. The molecule has 0 saturated carbocycles. The lowest BCUT2D eigenvalue weighted by Crippen LogP contribution is -2.41. The molecule has 1 aliphatic heterocycles. The zero-order chi connectivity index (χ0) is 9.73. The maximum Gasteiger partial charge on any atom is 0.0772 e. The third-order valence-corrected chi connectivity index (χ3v) is 4.20. The highest BCUT2D eigenvalue weighted by Crippen LogP contribution is 2.36. The summed E-state index contributed by atoms with van der Waals surface area (Å²) in [5, 5.41) is 10.7. The Balaban J connectivity index is 2.45. The minimum Gasteiger partial charge on any atom is -0.389 e. The van der Waals surface area contributed by atoms with Crippen LogP contribution in [0.4, 0.5) is 0 Å². The maximum atomic E-state index is 10.3. The molecule has 1 fully saturated rings. The first-order valence-electron chi connectivity index (χ1n) is 4.92. The van der Waals surface area contributed by atoms with Gasteiger partial charge in [-0.1, -0.05) is 6.92 Å². The molecule has 1 nitrogen and oxygen atoms in total. The van der Waals surface area contributed by atoms with Crippen LogP contribution >= 0.6 is 11.8 Å². The molecule has 1 aliphatic rings. The van der Waals surface area contributed by atoms with Crippen LogP contribution in [0.25, 0.3) is 0 Å². The van der Waals surface area contributed by atoms with Gasteiger partial charge in [0.25, 0.3) is 0 Å². The van der Waals surface area contributed by atoms with E-state index in [1.54, 1.807) is 0 Å². The van der Waals surface area contributed by atoms with Gasteiger partial charge in [0.1, 0.15) is 0 Å². The predicted octanol–water partition coefficient (Wildman–Crippen LogP) is 2.44. The van der Waals surface area contributed by atoms with Crippen LogP contribution in [0.5, 0.6) is 0 Å². The normalized spacial score (nSPS) is 33.6. The van der Waals surface area contributed by atoms with Crippen LogP contribution in [-0.2, 0) is 0 Å². The smallest absolute Gasteiger partial charge is 0.0772 e. The van der Waals surface area contributed by atoms with Crippen molar-refractivity contribution in [3.63, 3.8) is 0 Å². The molecule has 0 aliphatic carbocycles. The summed E-state index contributed by atoms with van der Waals surface area (Å²) in [6.07, 6.45) is 3.76. The van der Waals surface area contributed by atoms with Gasteiger partial charge < -0.3 is 5.11 Å². The van der Waals surface area contributed by atoms with Gasteiger partial charge in [-0.05, 0) is 31.9 Å². The molecular formula is C11H18OS. The van der Waals surface area contributed by atoms with E-state index in [2.05, 4.69) is 18.8 Å². The van der Waals surface area contributed by atoms with Gasteiger partial charge >= 0.3 is 0 Å². The van der Waals surface area contributed by atoms with Crippen molar-refractivity contribution in [2.24, 2.45) is 0 Å². The zero-order valence-corrected chi connectivity index (χ0v) is 9.28. The minimum absolute atomic E-state index is 0.375. The van der Waals surface area contributed by atoms with E-state index in [1.807, 2.05) is 18.7 Å². The van der Waals surface area contributed by atoms with Crippen molar-refractivity contribution in [1.29, 1.82) is 0 Å². The fourth-order valence-electron chi connectivity index (χ4n) is 1.73. The molecule has 1 heterocycles. The van der Waals surface area contributed by atoms with Crippen LogP contribution in [0.1, 0.15) is 39.5 Å². The Hall–Kier alpha value is -0.130. The van der Waals surface area contributed by atoms with E-state index in [4.69, 9.17) is 0 Å². The van der Waals surface area contributed by atoms with Gasteiger partial charge in [0.2, 0.25) is 0 Å². The van der Waals surface area contributed by atoms with E-state index in [0.717, 1.165) is 25.7 Å². The first kappa shape index (κ1) is 10.9. The Morgan fingerprint density at radius 1 is 1.62 bits per heavy atom. The molecule has 1 saturated heterocycles. The molecule has 0 aromatic rings. The number of hydrogen-bond donors (Lipinski definition) is 1. The van der Waals surface area contributed by atoms with Crippen LogP contribution in [0, 0.1) is 11.8 Å². The highest BCUT2D eigenvalue weighted by Gasteiger charge is 2.35. The summed E-state index contributed by atoms with van der Waals surface area (Å²) in [6, 6.07) is 0. The standard InChI is InChI=1S/C11H18OS/c1-3-4-5-7-11(12)8-6-9-13-10(11)2/h10,12H,5-9H2,1-2H3. The van der Waals surface area contributed by atoms with Crippen LogP contribution in [-0.4, -0.2) is 21.7 Å². The average molecular weight is 198 g/mol. The third kappa shape index (κ3) is 2.93. The molecule has 74 valence electrons. The van der Waals surface area contributed by atoms with E-state index in [0.29, 0.717) is 5.25 Å². The van der Waals surface area contributed by atoms with E-state index >= 15 is 0 Å². The molecule has 2 heteroatoms. The van der Waals surface area contributed by atoms with Crippen molar-refractivity contribution < 1.29 is 5.11 Å². The maximum absolute atomic E-state index is 10.3. The summed E-state index contributed by atoms with van der Waals surface area (Å²) in [4.78, 5) is 0. The first-order chi connectivity index (χ1) is 6.19. The Morgan fingerprint density at radius 2 is 2.38 bits per heavy atom. The van der Waals surface area contributed by atoms with Crippen molar-refractivity contribution in [1.82, 2.24) is 0 Å². The molecule has 1 rings (SSSR count). The second-order valence-electron chi connectivity index (χ2n) is 3.65. The van der Waals surface area contributed by atoms with Crippen molar-refractivity contribution in [2.75, 3.05) is 5.75 Å². The fraction of sp³-hybridized carbons (Fsp3) is 0.818. The number of thioether (sulfide) groups is 1. The van der Waals surface area contributed by atoms with E-state index in [-0.39, 0.29) is 0 Å².